The second-order valence-corrected chi connectivity index (χ2v) is 3.26. The SMILES string of the molecule is O=C(O)c1cc2ccncc2nc1C(F)(F)F. The number of fused-ring (bicyclic) bond motifs is 1. The van der Waals surface area contributed by atoms with Crippen molar-refractivity contribution in [3.05, 3.63) is 35.8 Å². The van der Waals surface area contributed by atoms with E-state index in [1.54, 1.807) is 0 Å². The number of carboxylic acids is 1. The van der Waals surface area contributed by atoms with Crippen LogP contribution in [0.1, 0.15) is 16.1 Å². The monoisotopic (exact) mass is 242 g/mol. The van der Waals surface area contributed by atoms with Crippen molar-refractivity contribution >= 4 is 16.9 Å². The first-order chi connectivity index (χ1) is 7.89. The lowest BCUT2D eigenvalue weighted by atomic mass is 10.1. The van der Waals surface area contributed by atoms with Gasteiger partial charge in [0, 0.05) is 11.6 Å². The lowest BCUT2D eigenvalue weighted by molar-refractivity contribution is -0.141. The Balaban J connectivity index is 2.80. The van der Waals surface area contributed by atoms with Crippen molar-refractivity contribution in [3.63, 3.8) is 0 Å². The van der Waals surface area contributed by atoms with Gasteiger partial charge in [-0.3, -0.25) is 4.98 Å². The summed E-state index contributed by atoms with van der Waals surface area (Å²) in [6.07, 6.45) is -2.31. The third-order valence-corrected chi connectivity index (χ3v) is 2.12. The maximum atomic E-state index is 12.6. The van der Waals surface area contributed by atoms with Gasteiger partial charge in [0.25, 0.3) is 0 Å². The second kappa shape index (κ2) is 3.69. The van der Waals surface area contributed by atoms with E-state index in [0.717, 1.165) is 12.3 Å². The van der Waals surface area contributed by atoms with Crippen LogP contribution in [0.3, 0.4) is 0 Å². The van der Waals surface area contributed by atoms with Crippen LogP contribution in [0.4, 0.5) is 13.2 Å². The van der Waals surface area contributed by atoms with E-state index in [1.165, 1.54) is 12.3 Å². The van der Waals surface area contributed by atoms with Crippen LogP contribution in [-0.4, -0.2) is 21.0 Å². The summed E-state index contributed by atoms with van der Waals surface area (Å²) in [6, 6.07) is 2.34. The molecule has 0 saturated heterocycles. The summed E-state index contributed by atoms with van der Waals surface area (Å²) in [5.74, 6) is -1.66. The molecule has 0 bridgehead atoms. The van der Waals surface area contributed by atoms with Crippen molar-refractivity contribution in [2.45, 2.75) is 6.18 Å². The maximum absolute atomic E-state index is 12.6. The molecule has 2 heterocycles. The molecule has 4 nitrogen and oxygen atoms in total. The zero-order chi connectivity index (χ0) is 12.6. The molecule has 0 atom stereocenters. The van der Waals surface area contributed by atoms with Crippen molar-refractivity contribution in [2.24, 2.45) is 0 Å². The van der Waals surface area contributed by atoms with Crippen LogP contribution < -0.4 is 0 Å². The number of alkyl halides is 3. The Labute approximate surface area is 92.7 Å². The van der Waals surface area contributed by atoms with Crippen LogP contribution in [0.2, 0.25) is 0 Å². The predicted molar refractivity (Wildman–Crippen MR) is 51.5 cm³/mol. The smallest absolute Gasteiger partial charge is 0.434 e. The Hall–Kier alpha value is -2.18. The molecule has 0 fully saturated rings. The van der Waals surface area contributed by atoms with E-state index < -0.39 is 23.4 Å². The summed E-state index contributed by atoms with van der Waals surface area (Å²) < 4.78 is 37.8. The molecule has 0 radical (unpaired) electrons. The van der Waals surface area contributed by atoms with Crippen LogP contribution in [0.5, 0.6) is 0 Å². The number of carbonyl (C=O) groups is 1. The molecule has 0 aliphatic heterocycles. The first-order valence-electron chi connectivity index (χ1n) is 4.45. The van der Waals surface area contributed by atoms with Gasteiger partial charge in [-0.15, -0.1) is 0 Å². The molecule has 2 aromatic heterocycles. The highest BCUT2D eigenvalue weighted by atomic mass is 19.4. The zero-order valence-corrected chi connectivity index (χ0v) is 8.19. The van der Waals surface area contributed by atoms with Gasteiger partial charge in [0.2, 0.25) is 0 Å². The number of nitrogens with zero attached hydrogens (tertiary/aromatic N) is 2. The minimum Gasteiger partial charge on any atom is -0.478 e. The summed E-state index contributed by atoms with van der Waals surface area (Å²) >= 11 is 0. The van der Waals surface area contributed by atoms with Gasteiger partial charge in [0.05, 0.1) is 17.3 Å². The second-order valence-electron chi connectivity index (χ2n) is 3.26. The summed E-state index contributed by atoms with van der Waals surface area (Å²) in [5.41, 5.74) is -2.27. The van der Waals surface area contributed by atoms with Gasteiger partial charge in [-0.2, -0.15) is 13.2 Å². The van der Waals surface area contributed by atoms with Gasteiger partial charge in [0.1, 0.15) is 0 Å². The first kappa shape index (κ1) is 11.3. The van der Waals surface area contributed by atoms with Gasteiger partial charge >= 0.3 is 12.1 Å². The highest BCUT2D eigenvalue weighted by Gasteiger charge is 2.37. The largest absolute Gasteiger partial charge is 0.478 e. The van der Waals surface area contributed by atoms with Crippen LogP contribution in [0.15, 0.2) is 24.5 Å². The average Bonchev–Trinajstić information content (AvgIpc) is 2.26. The summed E-state index contributed by atoms with van der Waals surface area (Å²) in [4.78, 5) is 17.7. The van der Waals surface area contributed by atoms with Gasteiger partial charge in [0.15, 0.2) is 5.69 Å². The molecule has 0 aliphatic carbocycles. The van der Waals surface area contributed by atoms with Crippen LogP contribution in [-0.2, 0) is 6.18 Å². The quantitative estimate of drug-likeness (QED) is 0.833. The van der Waals surface area contributed by atoms with Crippen molar-refractivity contribution in [3.8, 4) is 0 Å². The number of rotatable bonds is 1. The topological polar surface area (TPSA) is 63.1 Å². The number of halogens is 3. The molecule has 0 amide bonds. The Bertz CT molecular complexity index is 596. The fourth-order valence-corrected chi connectivity index (χ4v) is 1.40. The number of hydrogen-bond donors (Lipinski definition) is 1. The van der Waals surface area contributed by atoms with Crippen LogP contribution in [0, 0.1) is 0 Å². The van der Waals surface area contributed by atoms with E-state index in [4.69, 9.17) is 5.11 Å². The number of aromatic nitrogens is 2. The van der Waals surface area contributed by atoms with Crippen molar-refractivity contribution in [2.75, 3.05) is 0 Å². The molecule has 17 heavy (non-hydrogen) atoms. The number of aromatic carboxylic acids is 1. The van der Waals surface area contributed by atoms with Gasteiger partial charge in [-0.1, -0.05) is 0 Å². The fraction of sp³-hybridized carbons (Fsp3) is 0.100. The van der Waals surface area contributed by atoms with E-state index in [0.29, 0.717) is 5.39 Å². The summed E-state index contributed by atoms with van der Waals surface area (Å²) in [6.45, 7) is 0. The third-order valence-electron chi connectivity index (χ3n) is 2.12. The molecule has 0 unspecified atom stereocenters. The van der Waals surface area contributed by atoms with Gasteiger partial charge in [-0.05, 0) is 12.1 Å². The maximum Gasteiger partial charge on any atom is 0.434 e. The number of hydrogen-bond acceptors (Lipinski definition) is 3. The van der Waals surface area contributed by atoms with E-state index in [2.05, 4.69) is 9.97 Å². The molecule has 0 aliphatic rings. The molecule has 2 rings (SSSR count). The summed E-state index contributed by atoms with van der Waals surface area (Å²) in [5, 5.41) is 9.03. The molecule has 7 heteroatoms. The molecular formula is C10H5F3N2O2. The van der Waals surface area contributed by atoms with Crippen molar-refractivity contribution < 1.29 is 23.1 Å². The van der Waals surface area contributed by atoms with Crippen LogP contribution >= 0.6 is 0 Å². The summed E-state index contributed by atoms with van der Waals surface area (Å²) in [7, 11) is 0. The minimum absolute atomic E-state index is 0.00447. The van der Waals surface area contributed by atoms with Gasteiger partial charge in [-0.25, -0.2) is 9.78 Å². The average molecular weight is 242 g/mol. The Morgan fingerprint density at radius 3 is 2.65 bits per heavy atom. The van der Waals surface area contributed by atoms with Gasteiger partial charge < -0.3 is 5.11 Å². The lowest BCUT2D eigenvalue weighted by Crippen LogP contribution is -2.15. The molecule has 0 saturated carbocycles. The molecular weight excluding hydrogens is 237 g/mol. The van der Waals surface area contributed by atoms with Crippen molar-refractivity contribution in [1.82, 2.24) is 9.97 Å². The Morgan fingerprint density at radius 2 is 2.06 bits per heavy atom. The minimum atomic E-state index is -4.81. The molecule has 88 valence electrons. The molecule has 0 spiro atoms. The highest BCUT2D eigenvalue weighted by molar-refractivity contribution is 5.94. The zero-order valence-electron chi connectivity index (χ0n) is 8.19. The number of carboxylic acid groups (broad SMARTS) is 1. The lowest BCUT2D eigenvalue weighted by Gasteiger charge is -2.10. The molecule has 1 N–H and O–H groups in total. The third kappa shape index (κ3) is 2.03. The van der Waals surface area contributed by atoms with E-state index in [-0.39, 0.29) is 5.52 Å². The Kier molecular flexibility index (Phi) is 2.45. The Morgan fingerprint density at radius 1 is 1.35 bits per heavy atom. The predicted octanol–water partition coefficient (Wildman–Crippen LogP) is 2.35. The van der Waals surface area contributed by atoms with E-state index in [1.807, 2.05) is 0 Å². The van der Waals surface area contributed by atoms with E-state index in [9.17, 15) is 18.0 Å². The fourth-order valence-electron chi connectivity index (χ4n) is 1.40. The molecule has 0 aromatic carbocycles. The van der Waals surface area contributed by atoms with Crippen molar-refractivity contribution in [1.29, 1.82) is 0 Å². The number of pyridine rings is 2. The normalized spacial score (nSPS) is 11.7. The standard InChI is InChI=1S/C10H5F3N2O2/c11-10(12,13)8-6(9(16)17)3-5-1-2-14-4-7(5)15-8/h1-4H,(H,16,17). The highest BCUT2D eigenvalue weighted by Crippen LogP contribution is 2.32. The molecule has 2 aromatic rings. The van der Waals surface area contributed by atoms with Crippen LogP contribution in [0.25, 0.3) is 10.9 Å². The first-order valence-corrected chi connectivity index (χ1v) is 4.45. The van der Waals surface area contributed by atoms with E-state index >= 15 is 0 Å².